The number of aryl methyl sites for hydroxylation is 1. The molecule has 1 aliphatic heterocycles. The first-order chi connectivity index (χ1) is 9.11. The number of H-pyrrole nitrogens is 1. The summed E-state index contributed by atoms with van der Waals surface area (Å²) >= 11 is 0. The smallest absolute Gasteiger partial charge is 0.310 e. The number of ether oxygens (including phenoxy) is 1. The molecule has 104 valence electrons. The van der Waals surface area contributed by atoms with Crippen molar-refractivity contribution in [2.24, 2.45) is 5.92 Å². The van der Waals surface area contributed by atoms with Gasteiger partial charge >= 0.3 is 5.97 Å². The molecule has 1 amide bonds. The standard InChI is InChI=1S/C13H19N3O3/c1-3-19-13(18)10-5-4-6-16(8-10)12(17)11-7-9(2)14-15-11/h7,10H,3-6,8H2,1-2H3,(H,14,15)/t10-/m0/s1. The maximum absolute atomic E-state index is 12.2. The van der Waals surface area contributed by atoms with Crippen LogP contribution in [0.15, 0.2) is 6.07 Å². The van der Waals surface area contributed by atoms with Gasteiger partial charge in [0.1, 0.15) is 5.69 Å². The van der Waals surface area contributed by atoms with Gasteiger partial charge in [-0.3, -0.25) is 14.7 Å². The van der Waals surface area contributed by atoms with Crippen LogP contribution in [-0.4, -0.2) is 46.7 Å². The van der Waals surface area contributed by atoms with Gasteiger partial charge < -0.3 is 9.64 Å². The topological polar surface area (TPSA) is 75.3 Å². The van der Waals surface area contributed by atoms with Crippen LogP contribution in [0, 0.1) is 12.8 Å². The fraction of sp³-hybridized carbons (Fsp3) is 0.615. The summed E-state index contributed by atoms with van der Waals surface area (Å²) < 4.78 is 5.02. The highest BCUT2D eigenvalue weighted by atomic mass is 16.5. The van der Waals surface area contributed by atoms with E-state index in [-0.39, 0.29) is 17.8 Å². The highest BCUT2D eigenvalue weighted by Gasteiger charge is 2.30. The van der Waals surface area contributed by atoms with Crippen molar-refractivity contribution >= 4 is 11.9 Å². The van der Waals surface area contributed by atoms with Gasteiger partial charge in [-0.05, 0) is 32.8 Å². The van der Waals surface area contributed by atoms with E-state index in [1.54, 1.807) is 17.9 Å². The number of hydrogen-bond donors (Lipinski definition) is 1. The van der Waals surface area contributed by atoms with Gasteiger partial charge in [0, 0.05) is 18.8 Å². The van der Waals surface area contributed by atoms with E-state index in [1.165, 1.54) is 0 Å². The van der Waals surface area contributed by atoms with Crippen molar-refractivity contribution in [1.82, 2.24) is 15.1 Å². The minimum atomic E-state index is -0.210. The molecular weight excluding hydrogens is 246 g/mol. The fourth-order valence-electron chi connectivity index (χ4n) is 2.30. The molecule has 0 bridgehead atoms. The molecule has 0 spiro atoms. The normalized spacial score (nSPS) is 19.3. The van der Waals surface area contributed by atoms with E-state index in [9.17, 15) is 9.59 Å². The van der Waals surface area contributed by atoms with E-state index in [0.717, 1.165) is 18.5 Å². The Morgan fingerprint density at radius 1 is 1.58 bits per heavy atom. The molecule has 0 saturated carbocycles. The van der Waals surface area contributed by atoms with Gasteiger partial charge in [-0.2, -0.15) is 5.10 Å². The molecule has 1 aromatic rings. The quantitative estimate of drug-likeness (QED) is 0.831. The summed E-state index contributed by atoms with van der Waals surface area (Å²) in [5.74, 6) is -0.547. The van der Waals surface area contributed by atoms with Crippen molar-refractivity contribution < 1.29 is 14.3 Å². The van der Waals surface area contributed by atoms with Gasteiger partial charge in [-0.25, -0.2) is 0 Å². The van der Waals surface area contributed by atoms with Crippen LogP contribution in [0.4, 0.5) is 0 Å². The summed E-state index contributed by atoms with van der Waals surface area (Å²) in [5.41, 5.74) is 1.25. The van der Waals surface area contributed by atoms with E-state index in [2.05, 4.69) is 10.2 Å². The zero-order valence-corrected chi connectivity index (χ0v) is 11.3. The number of piperidine rings is 1. The van der Waals surface area contributed by atoms with Gasteiger partial charge in [0.05, 0.1) is 12.5 Å². The van der Waals surface area contributed by atoms with Crippen LogP contribution in [0.1, 0.15) is 35.9 Å². The molecule has 1 N–H and O–H groups in total. The Kier molecular flexibility index (Phi) is 4.19. The first kappa shape index (κ1) is 13.6. The Morgan fingerprint density at radius 2 is 2.37 bits per heavy atom. The summed E-state index contributed by atoms with van der Waals surface area (Å²) in [7, 11) is 0. The third-order valence-corrected chi connectivity index (χ3v) is 3.25. The molecule has 2 rings (SSSR count). The van der Waals surface area contributed by atoms with E-state index in [4.69, 9.17) is 4.74 Å². The number of nitrogens with zero attached hydrogens (tertiary/aromatic N) is 2. The number of amides is 1. The molecule has 1 aliphatic rings. The minimum absolute atomic E-state index is 0.127. The second-order valence-corrected chi connectivity index (χ2v) is 4.78. The first-order valence-corrected chi connectivity index (χ1v) is 6.59. The highest BCUT2D eigenvalue weighted by Crippen LogP contribution is 2.19. The molecule has 1 aromatic heterocycles. The average molecular weight is 265 g/mol. The van der Waals surface area contributed by atoms with E-state index in [0.29, 0.717) is 25.4 Å². The number of hydrogen-bond acceptors (Lipinski definition) is 4. The van der Waals surface area contributed by atoms with Crippen LogP contribution in [0.5, 0.6) is 0 Å². The van der Waals surface area contributed by atoms with Gasteiger partial charge in [0.2, 0.25) is 0 Å². The molecule has 6 heteroatoms. The molecule has 19 heavy (non-hydrogen) atoms. The first-order valence-electron chi connectivity index (χ1n) is 6.59. The van der Waals surface area contributed by atoms with Crippen LogP contribution in [0.2, 0.25) is 0 Å². The van der Waals surface area contributed by atoms with Crippen molar-refractivity contribution in [3.63, 3.8) is 0 Å². The lowest BCUT2D eigenvalue weighted by Crippen LogP contribution is -2.43. The second-order valence-electron chi connectivity index (χ2n) is 4.78. The summed E-state index contributed by atoms with van der Waals surface area (Å²) in [6, 6.07) is 1.72. The molecule has 1 atom stereocenters. The van der Waals surface area contributed by atoms with Gasteiger partial charge in [0.25, 0.3) is 5.91 Å². The molecule has 2 heterocycles. The van der Waals surface area contributed by atoms with E-state index >= 15 is 0 Å². The SMILES string of the molecule is CCOC(=O)[C@H]1CCCN(C(=O)c2cc(C)[nH]n2)C1. The Labute approximate surface area is 112 Å². The van der Waals surface area contributed by atoms with Gasteiger partial charge in [0.15, 0.2) is 0 Å². The highest BCUT2D eigenvalue weighted by molar-refractivity contribution is 5.92. The minimum Gasteiger partial charge on any atom is -0.466 e. The van der Waals surface area contributed by atoms with Crippen molar-refractivity contribution in [3.05, 3.63) is 17.5 Å². The number of carbonyl (C=O) groups is 2. The summed E-state index contributed by atoms with van der Waals surface area (Å²) in [6.45, 7) is 5.10. The van der Waals surface area contributed by atoms with Crippen LogP contribution in [0.3, 0.4) is 0 Å². The van der Waals surface area contributed by atoms with Gasteiger partial charge in [-0.1, -0.05) is 0 Å². The molecule has 0 radical (unpaired) electrons. The summed E-state index contributed by atoms with van der Waals surface area (Å²) in [5, 5.41) is 6.72. The second kappa shape index (κ2) is 5.86. The molecule has 1 saturated heterocycles. The van der Waals surface area contributed by atoms with Crippen LogP contribution >= 0.6 is 0 Å². The Hall–Kier alpha value is -1.85. The zero-order chi connectivity index (χ0) is 13.8. The molecule has 6 nitrogen and oxygen atoms in total. The number of carbonyl (C=O) groups excluding carboxylic acids is 2. The maximum atomic E-state index is 12.2. The molecule has 0 aromatic carbocycles. The maximum Gasteiger partial charge on any atom is 0.310 e. The number of esters is 1. The number of rotatable bonds is 3. The molecular formula is C13H19N3O3. The molecule has 0 aliphatic carbocycles. The van der Waals surface area contributed by atoms with Crippen LogP contribution < -0.4 is 0 Å². The summed E-state index contributed by atoms with van der Waals surface area (Å²) in [4.78, 5) is 25.6. The number of likely N-dealkylation sites (tertiary alicyclic amines) is 1. The van der Waals surface area contributed by atoms with Crippen LogP contribution in [-0.2, 0) is 9.53 Å². The number of aromatic nitrogens is 2. The van der Waals surface area contributed by atoms with Crippen molar-refractivity contribution in [3.8, 4) is 0 Å². The number of nitrogens with one attached hydrogen (secondary N) is 1. The Bertz CT molecular complexity index is 469. The fourth-order valence-corrected chi connectivity index (χ4v) is 2.30. The van der Waals surface area contributed by atoms with Crippen LogP contribution in [0.25, 0.3) is 0 Å². The number of aromatic amines is 1. The van der Waals surface area contributed by atoms with E-state index in [1.807, 2.05) is 6.92 Å². The molecule has 1 fully saturated rings. The Morgan fingerprint density at radius 3 is 3.00 bits per heavy atom. The largest absolute Gasteiger partial charge is 0.466 e. The zero-order valence-electron chi connectivity index (χ0n) is 11.3. The molecule has 0 unspecified atom stereocenters. The lowest BCUT2D eigenvalue weighted by atomic mass is 9.98. The Balaban J connectivity index is 2.01. The van der Waals surface area contributed by atoms with E-state index < -0.39 is 0 Å². The van der Waals surface area contributed by atoms with Crippen molar-refractivity contribution in [2.75, 3.05) is 19.7 Å². The monoisotopic (exact) mass is 265 g/mol. The van der Waals surface area contributed by atoms with Gasteiger partial charge in [-0.15, -0.1) is 0 Å². The van der Waals surface area contributed by atoms with Crippen molar-refractivity contribution in [1.29, 1.82) is 0 Å². The third-order valence-electron chi connectivity index (χ3n) is 3.25. The van der Waals surface area contributed by atoms with Crippen molar-refractivity contribution in [2.45, 2.75) is 26.7 Å². The lowest BCUT2D eigenvalue weighted by Gasteiger charge is -2.31. The third kappa shape index (κ3) is 3.13. The summed E-state index contributed by atoms with van der Waals surface area (Å²) in [6.07, 6.45) is 1.60. The predicted molar refractivity (Wildman–Crippen MR) is 68.6 cm³/mol. The lowest BCUT2D eigenvalue weighted by molar-refractivity contribution is -0.149. The average Bonchev–Trinajstić information content (AvgIpc) is 2.85. The predicted octanol–water partition coefficient (Wildman–Crippen LogP) is 1.13.